The summed E-state index contributed by atoms with van der Waals surface area (Å²) in [5.74, 6) is 1.44. The van der Waals surface area contributed by atoms with Gasteiger partial charge in [0.2, 0.25) is 0 Å². The smallest absolute Gasteiger partial charge is 0.306 e. The Morgan fingerprint density at radius 1 is 1.52 bits per heavy atom. The van der Waals surface area contributed by atoms with Crippen molar-refractivity contribution >= 4 is 5.69 Å². The first-order valence-corrected chi connectivity index (χ1v) is 7.51. The first kappa shape index (κ1) is 15.9. The highest BCUT2D eigenvalue weighted by atomic mass is 16.6. The molecule has 0 spiro atoms. The van der Waals surface area contributed by atoms with Crippen molar-refractivity contribution in [3.63, 3.8) is 0 Å². The summed E-state index contributed by atoms with van der Waals surface area (Å²) in [5, 5.41) is 24.6. The molecule has 0 amide bonds. The van der Waals surface area contributed by atoms with Gasteiger partial charge in [-0.3, -0.25) is 14.8 Å². The third kappa shape index (κ3) is 4.78. The Hall–Kier alpha value is -1.47. The van der Waals surface area contributed by atoms with E-state index in [9.17, 15) is 15.2 Å². The lowest BCUT2D eigenvalue weighted by Crippen LogP contribution is -2.33. The van der Waals surface area contributed by atoms with Crippen LogP contribution in [0.5, 0.6) is 0 Å². The van der Waals surface area contributed by atoms with Crippen molar-refractivity contribution in [2.75, 3.05) is 19.6 Å². The van der Waals surface area contributed by atoms with Gasteiger partial charge in [-0.05, 0) is 31.2 Å². The van der Waals surface area contributed by atoms with E-state index in [2.05, 4.69) is 23.8 Å². The molecular formula is C14H24N4O3. The molecule has 0 radical (unpaired) electrons. The summed E-state index contributed by atoms with van der Waals surface area (Å²) in [6.07, 6.45) is 4.44. The maximum absolute atomic E-state index is 10.6. The Labute approximate surface area is 124 Å². The molecule has 1 aromatic heterocycles. The molecule has 2 heterocycles. The number of nitro groups is 1. The predicted molar refractivity (Wildman–Crippen MR) is 78.9 cm³/mol. The van der Waals surface area contributed by atoms with Gasteiger partial charge in [-0.15, -0.1) is 0 Å². The van der Waals surface area contributed by atoms with Crippen LogP contribution in [0.4, 0.5) is 5.69 Å². The van der Waals surface area contributed by atoms with Crippen LogP contribution < -0.4 is 0 Å². The quantitative estimate of drug-likeness (QED) is 0.609. The fourth-order valence-corrected chi connectivity index (χ4v) is 3.06. The number of aromatic nitrogens is 2. The Morgan fingerprint density at radius 2 is 2.29 bits per heavy atom. The van der Waals surface area contributed by atoms with Crippen molar-refractivity contribution in [2.45, 2.75) is 39.3 Å². The van der Waals surface area contributed by atoms with Crippen LogP contribution in [-0.4, -0.2) is 50.4 Å². The zero-order chi connectivity index (χ0) is 15.4. The number of aliphatic hydroxyl groups is 1. The predicted octanol–water partition coefficient (Wildman–Crippen LogP) is 1.52. The lowest BCUT2D eigenvalue weighted by molar-refractivity contribution is -0.385. The van der Waals surface area contributed by atoms with E-state index in [0.717, 1.165) is 19.0 Å². The third-order valence-corrected chi connectivity index (χ3v) is 3.87. The Kier molecular flexibility index (Phi) is 5.30. The van der Waals surface area contributed by atoms with Gasteiger partial charge in [0.25, 0.3) is 0 Å². The van der Waals surface area contributed by atoms with Crippen molar-refractivity contribution in [3.8, 4) is 0 Å². The fourth-order valence-electron chi connectivity index (χ4n) is 3.06. The van der Waals surface area contributed by atoms with Crippen molar-refractivity contribution in [1.29, 1.82) is 0 Å². The number of aliphatic hydroxyl groups excluding tert-OH is 1. The van der Waals surface area contributed by atoms with Crippen LogP contribution in [0.1, 0.15) is 26.7 Å². The molecule has 2 atom stereocenters. The maximum atomic E-state index is 10.6. The van der Waals surface area contributed by atoms with E-state index < -0.39 is 11.0 Å². The minimum absolute atomic E-state index is 0.0413. The van der Waals surface area contributed by atoms with Crippen molar-refractivity contribution in [2.24, 2.45) is 11.8 Å². The van der Waals surface area contributed by atoms with Gasteiger partial charge >= 0.3 is 5.69 Å². The van der Waals surface area contributed by atoms with Crippen LogP contribution >= 0.6 is 0 Å². The average Bonchev–Trinajstić information content (AvgIpc) is 2.98. The minimum Gasteiger partial charge on any atom is -0.390 e. The van der Waals surface area contributed by atoms with Crippen LogP contribution in [0.25, 0.3) is 0 Å². The lowest BCUT2D eigenvalue weighted by atomic mass is 9.97. The number of rotatable bonds is 7. The Morgan fingerprint density at radius 3 is 2.90 bits per heavy atom. The standard InChI is InChI=1S/C14H24N4O3/c1-11(2)5-12-3-4-16(7-12)9-14(19)10-17-8-13(6-15-17)18(20)21/h6,8,11-12,14,19H,3-5,7,9-10H2,1-2H3. The van der Waals surface area contributed by atoms with Gasteiger partial charge in [0.1, 0.15) is 12.4 Å². The second kappa shape index (κ2) is 7.00. The molecule has 2 unspecified atom stereocenters. The zero-order valence-corrected chi connectivity index (χ0v) is 12.7. The molecule has 21 heavy (non-hydrogen) atoms. The largest absolute Gasteiger partial charge is 0.390 e. The van der Waals surface area contributed by atoms with E-state index >= 15 is 0 Å². The molecule has 1 aliphatic heterocycles. The molecule has 0 aliphatic carbocycles. The number of nitrogens with zero attached hydrogens (tertiary/aromatic N) is 4. The van der Waals surface area contributed by atoms with Crippen LogP contribution in [0.3, 0.4) is 0 Å². The zero-order valence-electron chi connectivity index (χ0n) is 12.7. The highest BCUT2D eigenvalue weighted by Crippen LogP contribution is 2.23. The fraction of sp³-hybridized carbons (Fsp3) is 0.786. The van der Waals surface area contributed by atoms with Gasteiger partial charge in [-0.25, -0.2) is 0 Å². The summed E-state index contributed by atoms with van der Waals surface area (Å²) < 4.78 is 1.43. The van der Waals surface area contributed by atoms with Crippen LogP contribution in [0.15, 0.2) is 12.4 Å². The van der Waals surface area contributed by atoms with E-state index in [4.69, 9.17) is 0 Å². The topological polar surface area (TPSA) is 84.4 Å². The van der Waals surface area contributed by atoms with Crippen LogP contribution in [0, 0.1) is 22.0 Å². The van der Waals surface area contributed by atoms with E-state index in [0.29, 0.717) is 19.0 Å². The molecule has 118 valence electrons. The van der Waals surface area contributed by atoms with Gasteiger partial charge in [0.15, 0.2) is 0 Å². The molecule has 1 N–H and O–H groups in total. The van der Waals surface area contributed by atoms with Crippen LogP contribution in [-0.2, 0) is 6.54 Å². The van der Waals surface area contributed by atoms with E-state index in [1.165, 1.54) is 29.9 Å². The number of hydrogen-bond acceptors (Lipinski definition) is 5. The average molecular weight is 296 g/mol. The van der Waals surface area contributed by atoms with Crippen molar-refractivity contribution in [1.82, 2.24) is 14.7 Å². The van der Waals surface area contributed by atoms with E-state index in [1.54, 1.807) is 0 Å². The first-order chi connectivity index (χ1) is 9.94. The monoisotopic (exact) mass is 296 g/mol. The Balaban J connectivity index is 1.77. The van der Waals surface area contributed by atoms with E-state index in [-0.39, 0.29) is 5.69 Å². The van der Waals surface area contributed by atoms with Crippen LogP contribution in [0.2, 0.25) is 0 Å². The number of β-amino-alcohol motifs (C(OH)–C–C–N with tert-alkyl or cyclic N) is 1. The molecule has 0 aromatic carbocycles. The van der Waals surface area contributed by atoms with Gasteiger partial charge < -0.3 is 10.0 Å². The van der Waals surface area contributed by atoms with Gasteiger partial charge in [0, 0.05) is 13.1 Å². The van der Waals surface area contributed by atoms with Gasteiger partial charge in [-0.1, -0.05) is 13.8 Å². The lowest BCUT2D eigenvalue weighted by Gasteiger charge is -2.20. The van der Waals surface area contributed by atoms with E-state index in [1.807, 2.05) is 0 Å². The minimum atomic E-state index is -0.553. The summed E-state index contributed by atoms with van der Waals surface area (Å²) in [6.45, 7) is 7.42. The summed E-state index contributed by atoms with van der Waals surface area (Å²) in [5.41, 5.74) is -0.0413. The highest BCUT2D eigenvalue weighted by molar-refractivity contribution is 5.20. The first-order valence-electron chi connectivity index (χ1n) is 7.51. The second-order valence-corrected chi connectivity index (χ2v) is 6.38. The SMILES string of the molecule is CC(C)CC1CCN(CC(O)Cn2cc([N+](=O)[O-])cn2)C1. The molecule has 0 bridgehead atoms. The maximum Gasteiger partial charge on any atom is 0.306 e. The summed E-state index contributed by atoms with van der Waals surface area (Å²) in [4.78, 5) is 12.4. The summed E-state index contributed by atoms with van der Waals surface area (Å²) in [6, 6.07) is 0. The molecule has 1 fully saturated rings. The second-order valence-electron chi connectivity index (χ2n) is 6.38. The molecule has 1 aromatic rings. The molecule has 0 saturated carbocycles. The molecule has 7 heteroatoms. The number of hydrogen-bond donors (Lipinski definition) is 1. The third-order valence-electron chi connectivity index (χ3n) is 3.87. The number of likely N-dealkylation sites (tertiary alicyclic amines) is 1. The molecule has 1 saturated heterocycles. The van der Waals surface area contributed by atoms with Crippen molar-refractivity contribution < 1.29 is 10.0 Å². The van der Waals surface area contributed by atoms with Gasteiger partial charge in [0.05, 0.1) is 17.6 Å². The summed E-state index contributed by atoms with van der Waals surface area (Å²) in [7, 11) is 0. The molecule has 2 rings (SSSR count). The normalized spacial score (nSPS) is 21.0. The highest BCUT2D eigenvalue weighted by Gasteiger charge is 2.24. The molecule has 7 nitrogen and oxygen atoms in total. The Bertz CT molecular complexity index is 475. The van der Waals surface area contributed by atoms with Crippen molar-refractivity contribution in [3.05, 3.63) is 22.5 Å². The summed E-state index contributed by atoms with van der Waals surface area (Å²) >= 11 is 0. The molecular weight excluding hydrogens is 272 g/mol. The van der Waals surface area contributed by atoms with Gasteiger partial charge in [-0.2, -0.15) is 5.10 Å². The molecule has 1 aliphatic rings.